The number of aromatic hydroxyl groups is 4. The predicted molar refractivity (Wildman–Crippen MR) is 149 cm³/mol. The second-order valence-corrected chi connectivity index (χ2v) is 9.31. The van der Waals surface area contributed by atoms with Gasteiger partial charge in [-0.1, -0.05) is 36.4 Å². The number of hydrogen-bond acceptors (Lipinski definition) is 7. The van der Waals surface area contributed by atoms with Crippen molar-refractivity contribution in [3.8, 4) is 23.0 Å². The number of H-pyrrole nitrogens is 1. The van der Waals surface area contributed by atoms with Crippen molar-refractivity contribution in [3.05, 3.63) is 89.6 Å². The standard InChI is InChI=1S/C30H27N3O6/c34-16-26-21(19-4-1-2-6-23(19)32-26)15-25(30(39)31-11-10-17-8-9-28(37)29(38)12-17)33-24-14-18(35)13-22-20(24)5-3-7-27(22)36/h1-9,12-14,16,25,32-33,35-38H,10-11,15H2,(H,31,39)/t25-/m0/s1. The molecule has 5 rings (SSSR count). The van der Waals surface area contributed by atoms with Crippen LogP contribution in [0, 0.1) is 0 Å². The summed E-state index contributed by atoms with van der Waals surface area (Å²) in [5.41, 5.74) is 2.98. The Bertz CT molecular complexity index is 1690. The summed E-state index contributed by atoms with van der Waals surface area (Å²) in [5, 5.41) is 47.9. The fourth-order valence-corrected chi connectivity index (χ4v) is 4.79. The van der Waals surface area contributed by atoms with Gasteiger partial charge in [-0.15, -0.1) is 0 Å². The van der Waals surface area contributed by atoms with Crippen LogP contribution in [-0.4, -0.2) is 50.2 Å². The Morgan fingerprint density at radius 3 is 2.44 bits per heavy atom. The van der Waals surface area contributed by atoms with Crippen molar-refractivity contribution in [2.75, 3.05) is 11.9 Å². The predicted octanol–water partition coefficient (Wildman–Crippen LogP) is 4.34. The highest BCUT2D eigenvalue weighted by molar-refractivity contribution is 6.00. The number of phenols is 4. The lowest BCUT2D eigenvalue weighted by Gasteiger charge is -2.21. The van der Waals surface area contributed by atoms with Gasteiger partial charge in [-0.3, -0.25) is 9.59 Å². The van der Waals surface area contributed by atoms with E-state index >= 15 is 0 Å². The number of carbonyl (C=O) groups excluding carboxylic acids is 2. The summed E-state index contributed by atoms with van der Waals surface area (Å²) >= 11 is 0. The van der Waals surface area contributed by atoms with E-state index in [0.29, 0.717) is 34.1 Å². The zero-order valence-electron chi connectivity index (χ0n) is 20.8. The first-order chi connectivity index (χ1) is 18.8. The van der Waals surface area contributed by atoms with Crippen LogP contribution in [0.2, 0.25) is 0 Å². The molecule has 0 radical (unpaired) electrons. The summed E-state index contributed by atoms with van der Waals surface area (Å²) in [4.78, 5) is 28.5. The molecule has 0 bridgehead atoms. The zero-order valence-corrected chi connectivity index (χ0v) is 20.8. The molecule has 0 spiro atoms. The fraction of sp³-hybridized carbons (Fsp3) is 0.133. The Morgan fingerprint density at radius 1 is 0.846 bits per heavy atom. The lowest BCUT2D eigenvalue weighted by atomic mass is 10.00. The molecular formula is C30H27N3O6. The van der Waals surface area contributed by atoms with Crippen LogP contribution in [0.25, 0.3) is 21.7 Å². The number of fused-ring (bicyclic) bond motifs is 2. The Kier molecular flexibility index (Phi) is 6.96. The third-order valence-electron chi connectivity index (χ3n) is 6.73. The Hall–Kier alpha value is -5.18. The molecule has 0 fully saturated rings. The van der Waals surface area contributed by atoms with Crippen LogP contribution in [0.1, 0.15) is 21.6 Å². The number of carbonyl (C=O) groups is 2. The monoisotopic (exact) mass is 525 g/mol. The number of anilines is 1. The zero-order chi connectivity index (χ0) is 27.5. The molecule has 0 saturated carbocycles. The van der Waals surface area contributed by atoms with Crippen molar-refractivity contribution in [1.82, 2.24) is 10.3 Å². The smallest absolute Gasteiger partial charge is 0.242 e. The van der Waals surface area contributed by atoms with Crippen molar-refractivity contribution in [3.63, 3.8) is 0 Å². The molecule has 0 saturated heterocycles. The lowest BCUT2D eigenvalue weighted by Crippen LogP contribution is -2.42. The second kappa shape index (κ2) is 10.7. The molecule has 0 aliphatic rings. The number of para-hydroxylation sites is 1. The molecule has 0 aliphatic carbocycles. The van der Waals surface area contributed by atoms with Gasteiger partial charge in [0.15, 0.2) is 17.8 Å². The number of benzene rings is 4. The average Bonchev–Trinajstić information content (AvgIpc) is 3.28. The maximum Gasteiger partial charge on any atom is 0.242 e. The maximum atomic E-state index is 13.5. The van der Waals surface area contributed by atoms with Gasteiger partial charge in [-0.25, -0.2) is 0 Å². The van der Waals surface area contributed by atoms with E-state index in [1.54, 1.807) is 18.2 Å². The SMILES string of the molecule is O=Cc1[nH]c2ccccc2c1C[C@H](Nc1cc(O)cc2c(O)cccc12)C(=O)NCCc1ccc(O)c(O)c1. The van der Waals surface area contributed by atoms with Crippen molar-refractivity contribution in [1.29, 1.82) is 0 Å². The van der Waals surface area contributed by atoms with Gasteiger partial charge in [-0.05, 0) is 47.9 Å². The van der Waals surface area contributed by atoms with Crippen LogP contribution in [0.3, 0.4) is 0 Å². The van der Waals surface area contributed by atoms with E-state index in [9.17, 15) is 30.0 Å². The van der Waals surface area contributed by atoms with Crippen LogP contribution in [-0.2, 0) is 17.6 Å². The summed E-state index contributed by atoms with van der Waals surface area (Å²) in [6.07, 6.45) is 1.28. The first-order valence-corrected chi connectivity index (χ1v) is 12.4. The van der Waals surface area contributed by atoms with Gasteiger partial charge in [0.05, 0.1) is 5.69 Å². The molecule has 9 nitrogen and oxygen atoms in total. The fourth-order valence-electron chi connectivity index (χ4n) is 4.79. The van der Waals surface area contributed by atoms with E-state index in [0.717, 1.165) is 22.8 Å². The van der Waals surface area contributed by atoms with E-state index in [4.69, 9.17) is 0 Å². The summed E-state index contributed by atoms with van der Waals surface area (Å²) < 4.78 is 0. The first-order valence-electron chi connectivity index (χ1n) is 12.4. The Balaban J connectivity index is 1.46. The number of aromatic nitrogens is 1. The minimum Gasteiger partial charge on any atom is -0.508 e. The molecule has 7 N–H and O–H groups in total. The van der Waals surface area contributed by atoms with E-state index < -0.39 is 6.04 Å². The van der Waals surface area contributed by atoms with Gasteiger partial charge in [-0.2, -0.15) is 0 Å². The van der Waals surface area contributed by atoms with Gasteiger partial charge in [0.2, 0.25) is 5.91 Å². The van der Waals surface area contributed by atoms with Crippen molar-refractivity contribution in [2.24, 2.45) is 0 Å². The molecular weight excluding hydrogens is 498 g/mol. The average molecular weight is 526 g/mol. The molecule has 1 atom stereocenters. The molecule has 9 heteroatoms. The third kappa shape index (κ3) is 5.28. The number of hydrogen-bond donors (Lipinski definition) is 7. The van der Waals surface area contributed by atoms with Gasteiger partial charge in [0.25, 0.3) is 0 Å². The highest BCUT2D eigenvalue weighted by atomic mass is 16.3. The van der Waals surface area contributed by atoms with Gasteiger partial charge in [0, 0.05) is 46.4 Å². The van der Waals surface area contributed by atoms with E-state index in [-0.39, 0.29) is 41.9 Å². The molecule has 1 amide bonds. The van der Waals surface area contributed by atoms with Crippen molar-refractivity contribution in [2.45, 2.75) is 18.9 Å². The minimum atomic E-state index is -0.858. The summed E-state index contributed by atoms with van der Waals surface area (Å²) in [6.45, 7) is 0.247. The Morgan fingerprint density at radius 2 is 1.64 bits per heavy atom. The number of aldehydes is 1. The number of nitrogens with one attached hydrogen (secondary N) is 3. The molecule has 39 heavy (non-hydrogen) atoms. The van der Waals surface area contributed by atoms with E-state index in [1.807, 2.05) is 24.3 Å². The van der Waals surface area contributed by atoms with Gasteiger partial charge < -0.3 is 36.0 Å². The van der Waals surface area contributed by atoms with Crippen molar-refractivity contribution >= 4 is 39.6 Å². The largest absolute Gasteiger partial charge is 0.508 e. The molecule has 4 aromatic carbocycles. The highest BCUT2D eigenvalue weighted by Gasteiger charge is 2.24. The first kappa shape index (κ1) is 25.5. The van der Waals surface area contributed by atoms with Crippen LogP contribution in [0.15, 0.2) is 72.8 Å². The molecule has 0 aliphatic heterocycles. The van der Waals surface area contributed by atoms with Crippen LogP contribution < -0.4 is 10.6 Å². The Labute approximate surface area is 223 Å². The number of phenolic OH excluding ortho intramolecular Hbond substituents is 4. The summed E-state index contributed by atoms with van der Waals surface area (Å²) in [7, 11) is 0. The summed E-state index contributed by atoms with van der Waals surface area (Å²) in [5.74, 6) is -0.904. The maximum absolute atomic E-state index is 13.5. The molecule has 1 heterocycles. The number of rotatable bonds is 9. The number of amides is 1. The van der Waals surface area contributed by atoms with E-state index in [2.05, 4.69) is 15.6 Å². The van der Waals surface area contributed by atoms with Crippen LogP contribution in [0.5, 0.6) is 23.0 Å². The quantitative estimate of drug-likeness (QED) is 0.112. The molecule has 198 valence electrons. The third-order valence-corrected chi connectivity index (χ3v) is 6.73. The number of aromatic amines is 1. The topological polar surface area (TPSA) is 155 Å². The normalized spacial score (nSPS) is 11.9. The highest BCUT2D eigenvalue weighted by Crippen LogP contribution is 2.35. The summed E-state index contributed by atoms with van der Waals surface area (Å²) in [6, 6.07) is 18.9. The van der Waals surface area contributed by atoms with Crippen LogP contribution >= 0.6 is 0 Å². The second-order valence-electron chi connectivity index (χ2n) is 9.31. The molecule has 0 unspecified atom stereocenters. The van der Waals surface area contributed by atoms with Gasteiger partial charge in [0.1, 0.15) is 17.5 Å². The molecule has 5 aromatic rings. The van der Waals surface area contributed by atoms with Crippen LogP contribution in [0.4, 0.5) is 5.69 Å². The minimum absolute atomic E-state index is 0.00975. The molecule has 1 aromatic heterocycles. The lowest BCUT2D eigenvalue weighted by molar-refractivity contribution is -0.121. The van der Waals surface area contributed by atoms with E-state index in [1.165, 1.54) is 30.3 Å². The van der Waals surface area contributed by atoms with Crippen molar-refractivity contribution < 1.29 is 30.0 Å². The van der Waals surface area contributed by atoms with Gasteiger partial charge >= 0.3 is 0 Å².